The summed E-state index contributed by atoms with van der Waals surface area (Å²) in [6.45, 7) is 5.55. The van der Waals surface area contributed by atoms with Crippen LogP contribution in [0.3, 0.4) is 0 Å². The van der Waals surface area contributed by atoms with Gasteiger partial charge >= 0.3 is 0 Å². The van der Waals surface area contributed by atoms with Gasteiger partial charge in [-0.2, -0.15) is 10.2 Å². The van der Waals surface area contributed by atoms with E-state index in [2.05, 4.69) is 21.2 Å². The Hall–Kier alpha value is -2.22. The van der Waals surface area contributed by atoms with E-state index in [0.29, 0.717) is 23.9 Å². The molecule has 0 amide bonds. The Kier molecular flexibility index (Phi) is 3.45. The predicted molar refractivity (Wildman–Crippen MR) is 101 cm³/mol. The Bertz CT molecular complexity index is 899. The molecule has 4 aliphatic rings. The van der Waals surface area contributed by atoms with E-state index in [1.165, 1.54) is 12.8 Å². The van der Waals surface area contributed by atoms with E-state index in [-0.39, 0.29) is 0 Å². The highest BCUT2D eigenvalue weighted by Crippen LogP contribution is 2.38. The van der Waals surface area contributed by atoms with Crippen molar-refractivity contribution in [1.82, 2.24) is 24.6 Å². The quantitative estimate of drug-likeness (QED) is 0.821. The first kappa shape index (κ1) is 15.8. The van der Waals surface area contributed by atoms with E-state index in [4.69, 9.17) is 19.8 Å². The molecule has 3 aliphatic heterocycles. The number of fused-ring (bicyclic) bond motifs is 2. The lowest BCUT2D eigenvalue weighted by Gasteiger charge is -2.38. The fourth-order valence-corrected chi connectivity index (χ4v) is 4.90. The molecule has 2 aromatic heterocycles. The normalized spacial score (nSPS) is 30.5. The molecule has 0 aromatic carbocycles. The van der Waals surface area contributed by atoms with Gasteiger partial charge in [0.1, 0.15) is 17.7 Å². The average molecular weight is 367 g/mol. The van der Waals surface area contributed by atoms with E-state index in [1.54, 1.807) is 6.33 Å². The number of hydrogen-bond acceptors (Lipinski definition) is 7. The summed E-state index contributed by atoms with van der Waals surface area (Å²) in [4.78, 5) is 12.0. The third kappa shape index (κ3) is 2.46. The first-order valence-electron chi connectivity index (χ1n) is 10.1. The maximum atomic E-state index is 5.63. The molecule has 2 aromatic rings. The number of imidazole rings is 1. The maximum Gasteiger partial charge on any atom is 0.158 e. The zero-order valence-corrected chi connectivity index (χ0v) is 15.7. The van der Waals surface area contributed by atoms with Gasteiger partial charge in [0, 0.05) is 43.8 Å². The van der Waals surface area contributed by atoms with Gasteiger partial charge in [-0.15, -0.1) is 0 Å². The third-order valence-electron chi connectivity index (χ3n) is 6.50. The fourth-order valence-electron chi connectivity index (χ4n) is 4.90. The van der Waals surface area contributed by atoms with Gasteiger partial charge in [0.25, 0.3) is 0 Å². The van der Waals surface area contributed by atoms with Gasteiger partial charge in [-0.25, -0.2) is 14.5 Å². The van der Waals surface area contributed by atoms with Crippen LogP contribution in [0.25, 0.3) is 5.52 Å². The van der Waals surface area contributed by atoms with Gasteiger partial charge in [-0.3, -0.25) is 5.01 Å². The minimum absolute atomic E-state index is 0.341. The first-order chi connectivity index (χ1) is 13.3. The number of aromatic nitrogens is 4. The number of piperidine rings is 1. The molecule has 1 saturated carbocycles. The maximum absolute atomic E-state index is 5.63. The van der Waals surface area contributed by atoms with Crippen molar-refractivity contribution in [3.8, 4) is 0 Å². The van der Waals surface area contributed by atoms with E-state index < -0.39 is 0 Å². The smallest absolute Gasteiger partial charge is 0.158 e. The lowest BCUT2D eigenvalue weighted by molar-refractivity contribution is 0.177. The molecule has 3 atom stereocenters. The monoisotopic (exact) mass is 367 g/mol. The number of ether oxygens (including phenoxy) is 1. The molecule has 0 radical (unpaired) electrons. The van der Waals surface area contributed by atoms with Crippen molar-refractivity contribution in [1.29, 1.82) is 0 Å². The predicted octanol–water partition coefficient (Wildman–Crippen LogP) is 1.60. The van der Waals surface area contributed by atoms with Gasteiger partial charge in [0.2, 0.25) is 0 Å². The molecule has 0 spiro atoms. The Morgan fingerprint density at radius 2 is 2.11 bits per heavy atom. The standard InChI is InChI=1S/C19H25N7O/c1-12-23-17(14-5-7-27-10-14)18-19(20-11-22-25(12)18)24-6-4-13-8-21-26(15-2-3-15)16(13)9-24/h8,11,13-16H,2-7,9-10H2,1H3/t13?,14-,16?/m1/s1. The minimum Gasteiger partial charge on any atom is -0.381 e. The van der Waals surface area contributed by atoms with Crippen molar-refractivity contribution in [3.05, 3.63) is 17.8 Å². The molecule has 3 fully saturated rings. The molecule has 5 heterocycles. The van der Waals surface area contributed by atoms with Crippen molar-refractivity contribution < 1.29 is 4.74 Å². The Morgan fingerprint density at radius 1 is 1.19 bits per heavy atom. The number of hydrogen-bond donors (Lipinski definition) is 0. The molecule has 2 saturated heterocycles. The fraction of sp³-hybridized carbons (Fsp3) is 0.684. The highest BCUT2D eigenvalue weighted by Gasteiger charge is 2.43. The number of nitrogens with zero attached hydrogens (tertiary/aromatic N) is 7. The van der Waals surface area contributed by atoms with Gasteiger partial charge in [0.05, 0.1) is 18.3 Å². The molecule has 8 heteroatoms. The number of rotatable bonds is 3. The summed E-state index contributed by atoms with van der Waals surface area (Å²) in [6, 6.07) is 1.13. The molecule has 6 rings (SSSR count). The van der Waals surface area contributed by atoms with E-state index >= 15 is 0 Å². The zero-order valence-electron chi connectivity index (χ0n) is 15.7. The van der Waals surface area contributed by atoms with E-state index in [0.717, 1.165) is 62.0 Å². The lowest BCUT2D eigenvalue weighted by atomic mass is 9.93. The lowest BCUT2D eigenvalue weighted by Crippen LogP contribution is -2.49. The van der Waals surface area contributed by atoms with Crippen LogP contribution in [0, 0.1) is 12.8 Å². The van der Waals surface area contributed by atoms with Crippen LogP contribution in [-0.4, -0.2) is 69.2 Å². The molecule has 142 valence electrons. The van der Waals surface area contributed by atoms with Crippen molar-refractivity contribution in [2.45, 2.75) is 50.6 Å². The number of anilines is 1. The van der Waals surface area contributed by atoms with Crippen molar-refractivity contribution in [3.63, 3.8) is 0 Å². The Labute approximate surface area is 158 Å². The second kappa shape index (κ2) is 5.89. The van der Waals surface area contributed by atoms with Gasteiger partial charge in [0.15, 0.2) is 5.82 Å². The van der Waals surface area contributed by atoms with Crippen LogP contribution in [0.5, 0.6) is 0 Å². The highest BCUT2D eigenvalue weighted by atomic mass is 16.5. The summed E-state index contributed by atoms with van der Waals surface area (Å²) in [5.74, 6) is 2.87. The topological polar surface area (TPSA) is 71.2 Å². The number of aryl methyl sites for hydroxylation is 1. The second-order valence-corrected chi connectivity index (χ2v) is 8.29. The molecule has 0 bridgehead atoms. The number of hydrazone groups is 1. The molecule has 1 aliphatic carbocycles. The summed E-state index contributed by atoms with van der Waals surface area (Å²) < 4.78 is 7.60. The highest BCUT2D eigenvalue weighted by molar-refractivity contribution is 5.74. The molecule has 27 heavy (non-hydrogen) atoms. The van der Waals surface area contributed by atoms with Crippen LogP contribution < -0.4 is 4.90 Å². The van der Waals surface area contributed by atoms with Crippen LogP contribution >= 0.6 is 0 Å². The molecule has 0 N–H and O–H groups in total. The largest absolute Gasteiger partial charge is 0.381 e. The van der Waals surface area contributed by atoms with E-state index in [9.17, 15) is 0 Å². The molecular weight excluding hydrogens is 342 g/mol. The van der Waals surface area contributed by atoms with Crippen molar-refractivity contribution >= 4 is 17.5 Å². The van der Waals surface area contributed by atoms with E-state index in [1.807, 2.05) is 11.4 Å². The SMILES string of the molecule is Cc1nc([C@@H]2CCOC2)c2c(N3CCC4C=NN(C5CC5)C4C3)ncnn12. The van der Waals surface area contributed by atoms with Crippen molar-refractivity contribution in [2.75, 3.05) is 31.2 Å². The van der Waals surface area contributed by atoms with Crippen molar-refractivity contribution in [2.24, 2.45) is 11.0 Å². The van der Waals surface area contributed by atoms with Crippen LogP contribution in [0.15, 0.2) is 11.4 Å². The summed E-state index contributed by atoms with van der Waals surface area (Å²) in [5.41, 5.74) is 2.17. The van der Waals surface area contributed by atoms with Crippen LogP contribution in [-0.2, 0) is 4.74 Å². The second-order valence-electron chi connectivity index (χ2n) is 8.29. The molecule has 8 nitrogen and oxygen atoms in total. The summed E-state index contributed by atoms with van der Waals surface area (Å²) in [6.07, 6.45) is 8.57. The van der Waals surface area contributed by atoms with Crippen LogP contribution in [0.4, 0.5) is 5.82 Å². The zero-order chi connectivity index (χ0) is 18.0. The average Bonchev–Trinajstić information content (AvgIpc) is 3.10. The summed E-state index contributed by atoms with van der Waals surface area (Å²) >= 11 is 0. The van der Waals surface area contributed by atoms with Crippen LogP contribution in [0.2, 0.25) is 0 Å². The summed E-state index contributed by atoms with van der Waals surface area (Å²) in [5, 5.41) is 11.6. The van der Waals surface area contributed by atoms with Crippen LogP contribution in [0.1, 0.15) is 43.1 Å². The third-order valence-corrected chi connectivity index (χ3v) is 6.50. The molecular formula is C19H25N7O. The van der Waals surface area contributed by atoms with Gasteiger partial charge < -0.3 is 9.64 Å². The Morgan fingerprint density at radius 3 is 2.93 bits per heavy atom. The van der Waals surface area contributed by atoms with Gasteiger partial charge in [-0.05, 0) is 32.6 Å². The minimum atomic E-state index is 0.341. The summed E-state index contributed by atoms with van der Waals surface area (Å²) in [7, 11) is 0. The Balaban J connectivity index is 1.38. The first-order valence-corrected chi connectivity index (χ1v) is 10.1. The molecule has 2 unspecified atom stereocenters. The van der Waals surface area contributed by atoms with Gasteiger partial charge in [-0.1, -0.05) is 0 Å².